The van der Waals surface area contributed by atoms with Gasteiger partial charge in [-0.05, 0) is 37.5 Å². The monoisotopic (exact) mass is 192 g/mol. The highest BCUT2D eigenvalue weighted by atomic mass is 16.5. The Labute approximate surface area is 84.5 Å². The van der Waals surface area contributed by atoms with Crippen LogP contribution >= 0.6 is 0 Å². The fraction of sp³-hybridized carbons (Fsp3) is 0.545. The molecule has 1 aromatic rings. The van der Waals surface area contributed by atoms with Crippen molar-refractivity contribution in [1.82, 2.24) is 4.98 Å². The molecule has 0 aliphatic carbocycles. The first-order chi connectivity index (χ1) is 6.84. The topological polar surface area (TPSA) is 34.2 Å². The molecule has 0 unspecified atom stereocenters. The van der Waals surface area contributed by atoms with Gasteiger partial charge in [0.05, 0.1) is 0 Å². The van der Waals surface area contributed by atoms with E-state index < -0.39 is 0 Å². The molecule has 0 bridgehead atoms. The summed E-state index contributed by atoms with van der Waals surface area (Å²) in [5.41, 5.74) is 1.24. The van der Waals surface area contributed by atoms with Gasteiger partial charge in [0.1, 0.15) is 5.82 Å². The normalized spacial score (nSPS) is 18.1. The molecule has 0 spiro atoms. The van der Waals surface area contributed by atoms with Crippen molar-refractivity contribution in [1.29, 1.82) is 0 Å². The minimum absolute atomic E-state index is 0.526. The van der Waals surface area contributed by atoms with Crippen molar-refractivity contribution >= 4 is 5.82 Å². The molecule has 1 aliphatic heterocycles. The molecule has 1 saturated heterocycles. The quantitative estimate of drug-likeness (QED) is 0.778. The number of nitrogens with one attached hydrogen (secondary N) is 1. The van der Waals surface area contributed by atoms with E-state index in [4.69, 9.17) is 4.74 Å². The molecular formula is C11H16N2O. The SMILES string of the molecule is Cc1ccnc(NC2CCOCC2)c1. The summed E-state index contributed by atoms with van der Waals surface area (Å²) in [5.74, 6) is 0.983. The molecule has 0 amide bonds. The Morgan fingerprint density at radius 1 is 1.43 bits per heavy atom. The van der Waals surface area contributed by atoms with Crippen LogP contribution < -0.4 is 5.32 Å². The molecule has 3 heteroatoms. The summed E-state index contributed by atoms with van der Waals surface area (Å²) in [6.45, 7) is 3.81. The van der Waals surface area contributed by atoms with Crippen molar-refractivity contribution in [3.8, 4) is 0 Å². The van der Waals surface area contributed by atoms with Crippen LogP contribution in [0.2, 0.25) is 0 Å². The second kappa shape index (κ2) is 4.42. The van der Waals surface area contributed by atoms with Crippen molar-refractivity contribution in [3.05, 3.63) is 23.9 Å². The van der Waals surface area contributed by atoms with Crippen molar-refractivity contribution in [2.24, 2.45) is 0 Å². The molecule has 14 heavy (non-hydrogen) atoms. The van der Waals surface area contributed by atoms with Crippen LogP contribution in [0.3, 0.4) is 0 Å². The van der Waals surface area contributed by atoms with Crippen LogP contribution in [0.1, 0.15) is 18.4 Å². The first kappa shape index (κ1) is 9.46. The molecule has 0 atom stereocenters. The van der Waals surface area contributed by atoms with Crippen molar-refractivity contribution < 1.29 is 4.74 Å². The third-order valence-electron chi connectivity index (χ3n) is 2.49. The Morgan fingerprint density at radius 3 is 2.93 bits per heavy atom. The Morgan fingerprint density at radius 2 is 2.21 bits per heavy atom. The van der Waals surface area contributed by atoms with E-state index in [9.17, 15) is 0 Å². The third-order valence-corrected chi connectivity index (χ3v) is 2.49. The molecule has 2 rings (SSSR count). The number of pyridine rings is 1. The van der Waals surface area contributed by atoms with Crippen LogP contribution in [0, 0.1) is 6.92 Å². The summed E-state index contributed by atoms with van der Waals surface area (Å²) in [6.07, 6.45) is 4.00. The molecular weight excluding hydrogens is 176 g/mol. The first-order valence-corrected chi connectivity index (χ1v) is 5.11. The number of anilines is 1. The van der Waals surface area contributed by atoms with Gasteiger partial charge >= 0.3 is 0 Å². The number of hydrogen-bond donors (Lipinski definition) is 1. The van der Waals surface area contributed by atoms with E-state index in [-0.39, 0.29) is 0 Å². The Hall–Kier alpha value is -1.09. The lowest BCUT2D eigenvalue weighted by Gasteiger charge is -2.23. The van der Waals surface area contributed by atoms with E-state index in [1.165, 1.54) is 5.56 Å². The summed E-state index contributed by atoms with van der Waals surface area (Å²) >= 11 is 0. The lowest BCUT2D eigenvalue weighted by atomic mass is 10.1. The van der Waals surface area contributed by atoms with Gasteiger partial charge in [-0.3, -0.25) is 0 Å². The van der Waals surface area contributed by atoms with E-state index in [0.717, 1.165) is 31.9 Å². The maximum atomic E-state index is 5.30. The lowest BCUT2D eigenvalue weighted by molar-refractivity contribution is 0.0904. The molecule has 3 nitrogen and oxygen atoms in total. The Kier molecular flexibility index (Phi) is 2.99. The van der Waals surface area contributed by atoms with Crippen LogP contribution in [0.25, 0.3) is 0 Å². The second-order valence-electron chi connectivity index (χ2n) is 3.75. The number of aromatic nitrogens is 1. The van der Waals surface area contributed by atoms with Crippen LogP contribution in [-0.2, 0) is 4.74 Å². The molecule has 0 radical (unpaired) electrons. The molecule has 76 valence electrons. The van der Waals surface area contributed by atoms with E-state index >= 15 is 0 Å². The zero-order valence-electron chi connectivity index (χ0n) is 8.49. The van der Waals surface area contributed by atoms with Crippen LogP contribution in [0.4, 0.5) is 5.82 Å². The van der Waals surface area contributed by atoms with E-state index in [1.807, 2.05) is 12.3 Å². The number of ether oxygens (including phenoxy) is 1. The minimum Gasteiger partial charge on any atom is -0.381 e. The van der Waals surface area contributed by atoms with Gasteiger partial charge in [-0.1, -0.05) is 0 Å². The third kappa shape index (κ3) is 2.45. The Balaban J connectivity index is 1.95. The fourth-order valence-corrected chi connectivity index (χ4v) is 1.67. The average Bonchev–Trinajstić information content (AvgIpc) is 2.19. The highest BCUT2D eigenvalue weighted by Gasteiger charge is 2.13. The van der Waals surface area contributed by atoms with Gasteiger partial charge in [0.15, 0.2) is 0 Å². The molecule has 1 aliphatic rings. The maximum absolute atomic E-state index is 5.30. The van der Waals surface area contributed by atoms with Crippen LogP contribution in [-0.4, -0.2) is 24.2 Å². The summed E-state index contributed by atoms with van der Waals surface area (Å²) in [4.78, 5) is 4.28. The lowest BCUT2D eigenvalue weighted by Crippen LogP contribution is -2.28. The van der Waals surface area contributed by atoms with Gasteiger partial charge in [-0.15, -0.1) is 0 Å². The van der Waals surface area contributed by atoms with Crippen LogP contribution in [0.5, 0.6) is 0 Å². The molecule has 1 aromatic heterocycles. The van der Waals surface area contributed by atoms with Crippen molar-refractivity contribution in [2.45, 2.75) is 25.8 Å². The van der Waals surface area contributed by atoms with E-state index in [0.29, 0.717) is 6.04 Å². The molecule has 1 N–H and O–H groups in total. The smallest absolute Gasteiger partial charge is 0.126 e. The average molecular weight is 192 g/mol. The number of rotatable bonds is 2. The summed E-state index contributed by atoms with van der Waals surface area (Å²) in [6, 6.07) is 4.61. The molecule has 2 heterocycles. The number of aryl methyl sites for hydroxylation is 1. The van der Waals surface area contributed by atoms with Gasteiger partial charge in [0, 0.05) is 25.5 Å². The minimum atomic E-state index is 0.526. The predicted molar refractivity (Wildman–Crippen MR) is 56.4 cm³/mol. The molecule has 0 aromatic carbocycles. The van der Waals surface area contributed by atoms with Crippen LogP contribution in [0.15, 0.2) is 18.3 Å². The molecule has 0 saturated carbocycles. The van der Waals surface area contributed by atoms with Crippen molar-refractivity contribution in [3.63, 3.8) is 0 Å². The summed E-state index contributed by atoms with van der Waals surface area (Å²) < 4.78 is 5.30. The maximum Gasteiger partial charge on any atom is 0.126 e. The standard InChI is InChI=1S/C11H16N2O/c1-9-2-5-12-11(8-9)13-10-3-6-14-7-4-10/h2,5,8,10H,3-4,6-7H2,1H3,(H,12,13). The predicted octanol–water partition coefficient (Wildman–Crippen LogP) is 1.98. The van der Waals surface area contributed by atoms with Gasteiger partial charge < -0.3 is 10.1 Å². The van der Waals surface area contributed by atoms with E-state index in [2.05, 4.69) is 23.3 Å². The number of hydrogen-bond acceptors (Lipinski definition) is 3. The van der Waals surface area contributed by atoms with Gasteiger partial charge in [-0.25, -0.2) is 4.98 Å². The first-order valence-electron chi connectivity index (χ1n) is 5.11. The highest BCUT2D eigenvalue weighted by molar-refractivity contribution is 5.37. The van der Waals surface area contributed by atoms with E-state index in [1.54, 1.807) is 0 Å². The highest BCUT2D eigenvalue weighted by Crippen LogP contribution is 2.13. The zero-order valence-corrected chi connectivity index (χ0v) is 8.49. The summed E-state index contributed by atoms with van der Waals surface area (Å²) in [7, 11) is 0. The van der Waals surface area contributed by atoms with Gasteiger partial charge in [0.25, 0.3) is 0 Å². The summed E-state index contributed by atoms with van der Waals surface area (Å²) in [5, 5.41) is 3.43. The fourth-order valence-electron chi connectivity index (χ4n) is 1.67. The second-order valence-corrected chi connectivity index (χ2v) is 3.75. The molecule has 1 fully saturated rings. The van der Waals surface area contributed by atoms with Gasteiger partial charge in [-0.2, -0.15) is 0 Å². The zero-order chi connectivity index (χ0) is 9.80. The van der Waals surface area contributed by atoms with Gasteiger partial charge in [0.2, 0.25) is 0 Å². The number of nitrogens with zero attached hydrogens (tertiary/aromatic N) is 1. The Bertz CT molecular complexity index is 295. The van der Waals surface area contributed by atoms with Crippen molar-refractivity contribution in [2.75, 3.05) is 18.5 Å². The largest absolute Gasteiger partial charge is 0.381 e.